The molecule has 1 fully saturated rings. The monoisotopic (exact) mass is 615 g/mol. The van der Waals surface area contributed by atoms with Crippen molar-refractivity contribution in [2.24, 2.45) is 0 Å². The van der Waals surface area contributed by atoms with E-state index in [9.17, 15) is 13.2 Å². The Kier molecular flexibility index (Phi) is 9.75. The number of carbonyl (C=O) groups excluding carboxylic acids is 1. The molecule has 0 radical (unpaired) electrons. The van der Waals surface area contributed by atoms with Crippen molar-refractivity contribution in [3.8, 4) is 5.75 Å². The fourth-order valence-electron chi connectivity index (χ4n) is 4.61. The maximum atomic E-state index is 12.6. The van der Waals surface area contributed by atoms with Crippen LogP contribution in [0.5, 0.6) is 5.75 Å². The number of amides is 1. The van der Waals surface area contributed by atoms with Gasteiger partial charge in [-0.25, -0.2) is 13.4 Å². The van der Waals surface area contributed by atoms with E-state index in [0.717, 1.165) is 59.4 Å². The van der Waals surface area contributed by atoms with Crippen LogP contribution in [0, 0.1) is 13.8 Å². The van der Waals surface area contributed by atoms with Gasteiger partial charge in [0.25, 0.3) is 15.9 Å². The number of fused-ring (bicyclic) bond motifs is 1. The Labute approximate surface area is 251 Å². The predicted octanol–water partition coefficient (Wildman–Crippen LogP) is 4.70. The van der Waals surface area contributed by atoms with Crippen molar-refractivity contribution < 1.29 is 17.9 Å². The van der Waals surface area contributed by atoms with Gasteiger partial charge in [0.15, 0.2) is 5.13 Å². The number of methoxy groups -OCH3 is 1. The molecule has 1 aliphatic heterocycles. The molecule has 2 heterocycles. The smallest absolute Gasteiger partial charge is 0.261 e. The number of nitrogens with one attached hydrogen (secondary N) is 2. The second-order valence-corrected chi connectivity index (χ2v) is 12.5. The third kappa shape index (κ3) is 7.10. The van der Waals surface area contributed by atoms with Gasteiger partial charge in [-0.1, -0.05) is 35.1 Å². The van der Waals surface area contributed by atoms with Crippen LogP contribution in [0.4, 0.5) is 10.8 Å². The first-order valence-corrected chi connectivity index (χ1v) is 15.4. The lowest BCUT2D eigenvalue weighted by Gasteiger charge is -2.34. The number of ether oxygens (including phenoxy) is 1. The summed E-state index contributed by atoms with van der Waals surface area (Å²) in [4.78, 5) is 22.3. The zero-order chi connectivity index (χ0) is 28.3. The van der Waals surface area contributed by atoms with Gasteiger partial charge < -0.3 is 15.0 Å². The molecule has 1 aliphatic rings. The van der Waals surface area contributed by atoms with Gasteiger partial charge in [0, 0.05) is 50.5 Å². The molecule has 1 aromatic heterocycles. The number of benzene rings is 3. The van der Waals surface area contributed by atoms with Gasteiger partial charge in [-0.05, 0) is 61.9 Å². The van der Waals surface area contributed by atoms with E-state index in [1.807, 2.05) is 13.0 Å². The topological polar surface area (TPSA) is 104 Å². The third-order valence-electron chi connectivity index (χ3n) is 7.00. The molecule has 0 bridgehead atoms. The lowest BCUT2D eigenvalue weighted by atomic mass is 10.2. The SMILES string of the molecule is COc1ccc(C)c2sc(N3CCN(CCNC(=O)c4ccc(NS(=O)(=O)c5ccc(C)cc5)cc4)CC3)nc12.Cl. The average Bonchev–Trinajstić information content (AvgIpc) is 3.41. The van der Waals surface area contributed by atoms with Crippen LogP contribution >= 0.6 is 23.7 Å². The number of sulfonamides is 1. The van der Waals surface area contributed by atoms with Crippen molar-refractivity contribution in [2.45, 2.75) is 18.7 Å². The van der Waals surface area contributed by atoms with Gasteiger partial charge in [0.2, 0.25) is 0 Å². The number of nitrogens with zero attached hydrogens (tertiary/aromatic N) is 3. The summed E-state index contributed by atoms with van der Waals surface area (Å²) in [6.45, 7) is 8.79. The number of hydrogen-bond donors (Lipinski definition) is 2. The minimum atomic E-state index is -3.69. The van der Waals surface area contributed by atoms with E-state index in [1.54, 1.807) is 67.0 Å². The number of aryl methyl sites for hydroxylation is 2. The first kappa shape index (κ1) is 30.6. The molecule has 3 aromatic carbocycles. The number of piperazine rings is 1. The molecular formula is C29H34ClN5O4S2. The zero-order valence-corrected chi connectivity index (χ0v) is 25.7. The highest BCUT2D eigenvalue weighted by Gasteiger charge is 2.21. The Hall–Kier alpha value is -3.38. The van der Waals surface area contributed by atoms with Crippen molar-refractivity contribution in [1.29, 1.82) is 0 Å². The van der Waals surface area contributed by atoms with Crippen LogP contribution in [-0.4, -0.2) is 70.6 Å². The molecule has 0 unspecified atom stereocenters. The van der Waals surface area contributed by atoms with Crippen LogP contribution in [0.25, 0.3) is 10.2 Å². The van der Waals surface area contributed by atoms with Crippen LogP contribution in [0.2, 0.25) is 0 Å². The van der Waals surface area contributed by atoms with E-state index < -0.39 is 10.0 Å². The summed E-state index contributed by atoms with van der Waals surface area (Å²) in [5, 5.41) is 3.98. The predicted molar refractivity (Wildman–Crippen MR) is 168 cm³/mol. The average molecular weight is 616 g/mol. The zero-order valence-electron chi connectivity index (χ0n) is 23.2. The third-order valence-corrected chi connectivity index (χ3v) is 9.65. The molecule has 218 valence electrons. The van der Waals surface area contributed by atoms with Gasteiger partial charge in [0.05, 0.1) is 16.7 Å². The molecule has 0 atom stereocenters. The lowest BCUT2D eigenvalue weighted by molar-refractivity contribution is 0.0948. The minimum absolute atomic E-state index is 0. The molecule has 0 spiro atoms. The lowest BCUT2D eigenvalue weighted by Crippen LogP contribution is -2.48. The van der Waals surface area contributed by atoms with E-state index in [0.29, 0.717) is 17.8 Å². The number of halogens is 1. The summed E-state index contributed by atoms with van der Waals surface area (Å²) >= 11 is 1.71. The van der Waals surface area contributed by atoms with E-state index in [2.05, 4.69) is 32.8 Å². The van der Waals surface area contributed by atoms with Gasteiger partial charge in [-0.3, -0.25) is 14.4 Å². The molecule has 2 N–H and O–H groups in total. The summed E-state index contributed by atoms with van der Waals surface area (Å²) in [5.41, 5.74) is 3.98. The summed E-state index contributed by atoms with van der Waals surface area (Å²) < 4.78 is 34.4. The number of aromatic nitrogens is 1. The van der Waals surface area contributed by atoms with Crippen molar-refractivity contribution in [3.63, 3.8) is 0 Å². The Morgan fingerprint density at radius 1 is 0.976 bits per heavy atom. The molecule has 12 heteroatoms. The van der Waals surface area contributed by atoms with E-state index in [-0.39, 0.29) is 23.2 Å². The Bertz CT molecular complexity index is 1600. The highest BCUT2D eigenvalue weighted by molar-refractivity contribution is 7.92. The number of carbonyl (C=O) groups is 1. The summed E-state index contributed by atoms with van der Waals surface area (Å²) in [5.74, 6) is 0.612. The van der Waals surface area contributed by atoms with Gasteiger partial charge >= 0.3 is 0 Å². The van der Waals surface area contributed by atoms with Crippen LogP contribution in [0.3, 0.4) is 0 Å². The maximum absolute atomic E-state index is 12.6. The van der Waals surface area contributed by atoms with Gasteiger partial charge in [0.1, 0.15) is 11.3 Å². The van der Waals surface area contributed by atoms with Crippen LogP contribution in [0.15, 0.2) is 65.6 Å². The molecular weight excluding hydrogens is 582 g/mol. The van der Waals surface area contributed by atoms with Crippen molar-refractivity contribution >= 4 is 60.7 Å². The Balaban J connectivity index is 0.00000387. The largest absolute Gasteiger partial charge is 0.494 e. The van der Waals surface area contributed by atoms with Gasteiger partial charge in [-0.15, -0.1) is 12.4 Å². The second-order valence-electron chi connectivity index (χ2n) is 9.84. The fraction of sp³-hybridized carbons (Fsp3) is 0.310. The van der Waals surface area contributed by atoms with Crippen molar-refractivity contribution in [2.75, 3.05) is 56.0 Å². The molecule has 1 saturated heterocycles. The van der Waals surface area contributed by atoms with Crippen LogP contribution < -0.4 is 19.7 Å². The molecule has 1 amide bonds. The molecule has 0 saturated carbocycles. The first-order valence-electron chi connectivity index (χ1n) is 13.1. The normalized spacial score (nSPS) is 14.0. The minimum Gasteiger partial charge on any atom is -0.494 e. The molecule has 0 aliphatic carbocycles. The van der Waals surface area contributed by atoms with E-state index in [4.69, 9.17) is 9.72 Å². The molecule has 4 aromatic rings. The van der Waals surface area contributed by atoms with Crippen molar-refractivity contribution in [3.05, 3.63) is 77.4 Å². The van der Waals surface area contributed by atoms with E-state index in [1.165, 1.54) is 5.56 Å². The number of rotatable bonds is 9. The summed E-state index contributed by atoms with van der Waals surface area (Å²) in [7, 11) is -2.02. The molecule has 9 nitrogen and oxygen atoms in total. The number of anilines is 2. The highest BCUT2D eigenvalue weighted by atomic mass is 35.5. The quantitative estimate of drug-likeness (QED) is 0.281. The number of thiazole rings is 1. The molecule has 41 heavy (non-hydrogen) atoms. The second kappa shape index (κ2) is 13.1. The van der Waals surface area contributed by atoms with Crippen LogP contribution in [0.1, 0.15) is 21.5 Å². The van der Waals surface area contributed by atoms with Crippen LogP contribution in [-0.2, 0) is 10.0 Å². The first-order chi connectivity index (χ1) is 19.2. The highest BCUT2D eigenvalue weighted by Crippen LogP contribution is 2.36. The maximum Gasteiger partial charge on any atom is 0.261 e. The summed E-state index contributed by atoms with van der Waals surface area (Å²) in [6.07, 6.45) is 0. The summed E-state index contributed by atoms with van der Waals surface area (Å²) in [6, 6.07) is 17.1. The Morgan fingerprint density at radius 3 is 2.32 bits per heavy atom. The van der Waals surface area contributed by atoms with Gasteiger partial charge in [-0.2, -0.15) is 0 Å². The standard InChI is InChI=1S/C29H33N5O4S2.ClH/c1-20-4-11-24(12-5-20)40(36,37)32-23-9-7-22(8-10-23)28(35)30-14-15-33-16-18-34(19-17-33)29-31-26-25(38-3)13-6-21(2)27(26)39-29;/h4-13,32H,14-19H2,1-3H3,(H,30,35);1H. The molecule has 5 rings (SSSR count). The Morgan fingerprint density at radius 2 is 1.66 bits per heavy atom. The number of hydrogen-bond acceptors (Lipinski definition) is 8. The van der Waals surface area contributed by atoms with E-state index >= 15 is 0 Å². The fourth-order valence-corrected chi connectivity index (χ4v) is 6.77. The van der Waals surface area contributed by atoms with Crippen molar-refractivity contribution in [1.82, 2.24) is 15.2 Å².